The Hall–Kier alpha value is -0.270. The van der Waals surface area contributed by atoms with Crippen LogP contribution in [0.15, 0.2) is 12.2 Å². The molecule has 3 unspecified atom stereocenters. The van der Waals surface area contributed by atoms with E-state index in [9.17, 15) is 14.6 Å². The zero-order valence-corrected chi connectivity index (χ0v) is 21.4. The number of quaternary nitrogens is 1. The minimum atomic E-state index is -4.24. The van der Waals surface area contributed by atoms with Gasteiger partial charge in [0.05, 0.1) is 33.8 Å². The molecular formula is C23H50N2O5P+. The summed E-state index contributed by atoms with van der Waals surface area (Å²) in [5, 5.41) is 9.34. The smallest absolute Gasteiger partial charge is 0.395 e. The minimum Gasteiger partial charge on any atom is -0.395 e. The summed E-state index contributed by atoms with van der Waals surface area (Å²) in [4.78, 5) is 9.96. The lowest BCUT2D eigenvalue weighted by atomic mass is 10.0. The highest BCUT2D eigenvalue weighted by Crippen LogP contribution is 2.45. The highest BCUT2D eigenvalue weighted by molar-refractivity contribution is 7.47. The second-order valence-electron chi connectivity index (χ2n) is 9.48. The standard InChI is InChI=1S/C23H49N2O5P/c1-5-6-7-8-9-10-11-12-13-14-15-16-17-18-23(22(24)21-26)30-31(27,28)29-20-19-25(2,3)4/h17-18,22-23,26H,5-16,19-21,24H2,1-4H3/p+1. The van der Waals surface area contributed by atoms with Crippen LogP contribution in [-0.4, -0.2) is 67.5 Å². The molecular weight excluding hydrogens is 415 g/mol. The summed E-state index contributed by atoms with van der Waals surface area (Å²) >= 11 is 0. The maximum absolute atomic E-state index is 12.2. The molecule has 0 bridgehead atoms. The van der Waals surface area contributed by atoms with E-state index in [2.05, 4.69) is 6.92 Å². The average molecular weight is 466 g/mol. The molecule has 0 saturated carbocycles. The number of hydrogen-bond donors (Lipinski definition) is 3. The number of likely N-dealkylation sites (N-methyl/N-ethyl adjacent to an activating group) is 1. The molecule has 0 radical (unpaired) electrons. The molecule has 0 aromatic heterocycles. The molecule has 0 aromatic rings. The van der Waals surface area contributed by atoms with Crippen LogP contribution in [0.3, 0.4) is 0 Å². The van der Waals surface area contributed by atoms with Gasteiger partial charge in [-0.3, -0.25) is 9.05 Å². The van der Waals surface area contributed by atoms with Crippen LogP contribution >= 0.6 is 7.82 Å². The van der Waals surface area contributed by atoms with Crippen molar-refractivity contribution < 1.29 is 28.1 Å². The lowest BCUT2D eigenvalue weighted by Gasteiger charge is -2.25. The first-order chi connectivity index (χ1) is 14.6. The van der Waals surface area contributed by atoms with Crippen LogP contribution in [0.5, 0.6) is 0 Å². The number of allylic oxidation sites excluding steroid dienone is 1. The van der Waals surface area contributed by atoms with Crippen LogP contribution in [0.2, 0.25) is 0 Å². The van der Waals surface area contributed by atoms with Crippen LogP contribution < -0.4 is 5.73 Å². The Morgan fingerprint density at radius 3 is 1.97 bits per heavy atom. The third-order valence-electron chi connectivity index (χ3n) is 5.20. The van der Waals surface area contributed by atoms with Gasteiger partial charge in [-0.25, -0.2) is 4.57 Å². The second kappa shape index (κ2) is 18.2. The number of aliphatic hydroxyl groups is 1. The predicted octanol–water partition coefficient (Wildman–Crippen LogP) is 4.77. The first-order valence-corrected chi connectivity index (χ1v) is 13.6. The summed E-state index contributed by atoms with van der Waals surface area (Å²) < 4.78 is 23.1. The number of nitrogens with zero attached hydrogens (tertiary/aromatic N) is 1. The van der Waals surface area contributed by atoms with E-state index >= 15 is 0 Å². The van der Waals surface area contributed by atoms with Crippen molar-refractivity contribution in [3.05, 3.63) is 12.2 Å². The molecule has 0 aliphatic rings. The van der Waals surface area contributed by atoms with Gasteiger partial charge in [-0.05, 0) is 12.8 Å². The van der Waals surface area contributed by atoms with E-state index in [-0.39, 0.29) is 13.2 Å². The third-order valence-corrected chi connectivity index (χ3v) is 6.22. The number of aliphatic hydroxyl groups excluding tert-OH is 1. The summed E-state index contributed by atoms with van der Waals surface area (Å²) in [5.41, 5.74) is 5.85. The molecule has 0 rings (SSSR count). The fraction of sp³-hybridized carbons (Fsp3) is 0.913. The van der Waals surface area contributed by atoms with Crippen LogP contribution in [-0.2, 0) is 13.6 Å². The number of phosphoric acid groups is 1. The van der Waals surface area contributed by atoms with Gasteiger partial charge in [0.2, 0.25) is 0 Å². The summed E-state index contributed by atoms with van der Waals surface area (Å²) in [6.45, 7) is 2.57. The van der Waals surface area contributed by atoms with E-state index in [1.165, 1.54) is 64.2 Å². The first kappa shape index (κ1) is 30.7. The Labute approximate surface area is 191 Å². The summed E-state index contributed by atoms with van der Waals surface area (Å²) in [5.74, 6) is 0. The van der Waals surface area contributed by atoms with Gasteiger partial charge in [-0.2, -0.15) is 0 Å². The number of unbranched alkanes of at least 4 members (excludes halogenated alkanes) is 11. The Kier molecular flexibility index (Phi) is 18.0. The molecule has 0 fully saturated rings. The van der Waals surface area contributed by atoms with Gasteiger partial charge < -0.3 is 20.2 Å². The van der Waals surface area contributed by atoms with Gasteiger partial charge in [0.15, 0.2) is 0 Å². The van der Waals surface area contributed by atoms with Crippen molar-refractivity contribution >= 4 is 7.82 Å². The van der Waals surface area contributed by atoms with Crippen LogP contribution in [0.25, 0.3) is 0 Å². The molecule has 0 aliphatic heterocycles. The Balaban J connectivity index is 4.07. The zero-order chi connectivity index (χ0) is 23.6. The summed E-state index contributed by atoms with van der Waals surface area (Å²) in [7, 11) is 1.66. The molecule has 0 aliphatic carbocycles. The normalized spacial score (nSPS) is 16.5. The number of hydrogen-bond acceptors (Lipinski definition) is 5. The number of rotatable bonds is 21. The van der Waals surface area contributed by atoms with Gasteiger partial charge in [0.25, 0.3) is 0 Å². The van der Waals surface area contributed by atoms with E-state index in [4.69, 9.17) is 14.8 Å². The zero-order valence-electron chi connectivity index (χ0n) is 20.5. The van der Waals surface area contributed by atoms with E-state index in [0.29, 0.717) is 11.0 Å². The Morgan fingerprint density at radius 2 is 1.48 bits per heavy atom. The fourth-order valence-electron chi connectivity index (χ4n) is 3.13. The summed E-state index contributed by atoms with van der Waals surface area (Å²) in [6.07, 6.45) is 17.8. The van der Waals surface area contributed by atoms with Crippen LogP contribution in [0.1, 0.15) is 84.0 Å². The van der Waals surface area contributed by atoms with Crippen molar-refractivity contribution in [2.24, 2.45) is 5.73 Å². The lowest BCUT2D eigenvalue weighted by molar-refractivity contribution is -0.870. The van der Waals surface area contributed by atoms with E-state index < -0.39 is 20.0 Å². The van der Waals surface area contributed by atoms with Gasteiger partial charge >= 0.3 is 7.82 Å². The highest BCUT2D eigenvalue weighted by Gasteiger charge is 2.29. The van der Waals surface area contributed by atoms with Gasteiger partial charge in [0.1, 0.15) is 19.3 Å². The topological polar surface area (TPSA) is 102 Å². The minimum absolute atomic E-state index is 0.0980. The van der Waals surface area contributed by atoms with E-state index in [1.54, 1.807) is 6.08 Å². The Bertz CT molecular complexity index is 497. The quantitative estimate of drug-likeness (QED) is 0.0977. The Morgan fingerprint density at radius 1 is 0.968 bits per heavy atom. The third kappa shape index (κ3) is 20.1. The van der Waals surface area contributed by atoms with Crippen molar-refractivity contribution in [3.63, 3.8) is 0 Å². The molecule has 0 spiro atoms. The molecule has 0 aromatic carbocycles. The van der Waals surface area contributed by atoms with Crippen molar-refractivity contribution in [1.82, 2.24) is 0 Å². The summed E-state index contributed by atoms with van der Waals surface area (Å²) in [6, 6.07) is -0.781. The molecule has 4 N–H and O–H groups in total. The first-order valence-electron chi connectivity index (χ1n) is 12.1. The number of phosphoric ester groups is 1. The van der Waals surface area contributed by atoms with Gasteiger partial charge in [-0.15, -0.1) is 0 Å². The lowest BCUT2D eigenvalue weighted by Crippen LogP contribution is -2.39. The van der Waals surface area contributed by atoms with Crippen molar-refractivity contribution in [1.29, 1.82) is 0 Å². The van der Waals surface area contributed by atoms with E-state index in [1.807, 2.05) is 27.2 Å². The van der Waals surface area contributed by atoms with Gasteiger partial charge in [0, 0.05) is 0 Å². The predicted molar refractivity (Wildman–Crippen MR) is 129 cm³/mol. The molecule has 3 atom stereocenters. The molecule has 186 valence electrons. The molecule has 7 nitrogen and oxygen atoms in total. The van der Waals surface area contributed by atoms with Crippen LogP contribution in [0.4, 0.5) is 0 Å². The molecule has 8 heteroatoms. The molecule has 31 heavy (non-hydrogen) atoms. The molecule has 0 amide bonds. The largest absolute Gasteiger partial charge is 0.473 e. The molecule has 0 saturated heterocycles. The maximum Gasteiger partial charge on any atom is 0.473 e. The SMILES string of the molecule is CCCCCCCCCCCCCC=CC(OP(=O)(O)OCC[N+](C)(C)C)C(N)CO. The number of nitrogens with two attached hydrogens (primary N) is 1. The maximum atomic E-state index is 12.2. The fourth-order valence-corrected chi connectivity index (χ4v) is 4.04. The van der Waals surface area contributed by atoms with Gasteiger partial charge in [-0.1, -0.05) is 83.3 Å². The van der Waals surface area contributed by atoms with Crippen molar-refractivity contribution in [2.45, 2.75) is 96.1 Å². The van der Waals surface area contributed by atoms with Crippen molar-refractivity contribution in [2.75, 3.05) is 40.9 Å². The second-order valence-corrected chi connectivity index (χ2v) is 10.9. The highest BCUT2D eigenvalue weighted by atomic mass is 31.2. The van der Waals surface area contributed by atoms with Crippen molar-refractivity contribution in [3.8, 4) is 0 Å². The average Bonchev–Trinajstić information content (AvgIpc) is 2.68. The van der Waals surface area contributed by atoms with E-state index in [0.717, 1.165) is 12.8 Å². The van der Waals surface area contributed by atoms with Crippen LogP contribution in [0, 0.1) is 0 Å². The monoisotopic (exact) mass is 465 g/mol. The molecule has 0 heterocycles.